The number of thiol groups is 1. The minimum Gasteiger partial charge on any atom is -0.508 e. The first-order chi connectivity index (χ1) is 5.11. The van der Waals surface area contributed by atoms with Crippen LogP contribution in [-0.4, -0.2) is 10.2 Å². The van der Waals surface area contributed by atoms with Crippen LogP contribution in [0.4, 0.5) is 0 Å². The maximum atomic E-state index is 9.25. The standard InChI is InChI=1S/C8H10O2S/c1-5(11)7-4-6(9)2-3-8(7)10/h2-5,9-11H,1H3. The molecule has 0 aromatic heterocycles. The molecule has 1 atom stereocenters. The monoisotopic (exact) mass is 170 g/mol. The molecule has 0 heterocycles. The van der Waals surface area contributed by atoms with Gasteiger partial charge in [-0.25, -0.2) is 0 Å². The second kappa shape index (κ2) is 3.05. The first-order valence-corrected chi connectivity index (χ1v) is 3.83. The molecule has 60 valence electrons. The molecule has 1 rings (SSSR count). The minimum atomic E-state index is -0.0675. The van der Waals surface area contributed by atoms with Crippen LogP contribution < -0.4 is 0 Å². The molecule has 0 bridgehead atoms. The van der Waals surface area contributed by atoms with E-state index in [0.29, 0.717) is 5.56 Å². The Bertz CT molecular complexity index is 258. The second-order valence-electron chi connectivity index (χ2n) is 2.42. The summed E-state index contributed by atoms with van der Waals surface area (Å²) in [5, 5.41) is 18.2. The number of hydrogen-bond donors (Lipinski definition) is 3. The predicted molar refractivity (Wildman–Crippen MR) is 47.2 cm³/mol. The van der Waals surface area contributed by atoms with E-state index in [9.17, 15) is 5.11 Å². The Morgan fingerprint density at radius 1 is 1.36 bits per heavy atom. The number of rotatable bonds is 1. The molecule has 0 saturated carbocycles. The third-order valence-corrected chi connectivity index (χ3v) is 1.74. The average molecular weight is 170 g/mol. The Balaban J connectivity index is 3.13. The lowest BCUT2D eigenvalue weighted by atomic mass is 10.1. The molecule has 0 aliphatic heterocycles. The largest absolute Gasteiger partial charge is 0.508 e. The van der Waals surface area contributed by atoms with Crippen molar-refractivity contribution < 1.29 is 10.2 Å². The van der Waals surface area contributed by atoms with Gasteiger partial charge in [0.25, 0.3) is 0 Å². The van der Waals surface area contributed by atoms with Crippen LogP contribution >= 0.6 is 12.6 Å². The summed E-state index contributed by atoms with van der Waals surface area (Å²) in [6, 6.07) is 4.40. The third-order valence-electron chi connectivity index (χ3n) is 1.46. The SMILES string of the molecule is CC(S)c1cc(O)ccc1O. The van der Waals surface area contributed by atoms with Gasteiger partial charge in [-0.3, -0.25) is 0 Å². The Morgan fingerprint density at radius 3 is 2.45 bits per heavy atom. The number of phenolic OH excluding ortho intramolecular Hbond substituents is 2. The van der Waals surface area contributed by atoms with Crippen molar-refractivity contribution in [3.63, 3.8) is 0 Å². The molecule has 0 fully saturated rings. The van der Waals surface area contributed by atoms with E-state index in [1.165, 1.54) is 18.2 Å². The molecule has 1 aromatic rings. The quantitative estimate of drug-likeness (QED) is 0.446. The fourth-order valence-corrected chi connectivity index (χ4v) is 1.08. The van der Waals surface area contributed by atoms with Crippen molar-refractivity contribution in [2.75, 3.05) is 0 Å². The van der Waals surface area contributed by atoms with E-state index in [0.717, 1.165) is 0 Å². The summed E-state index contributed by atoms with van der Waals surface area (Å²) in [5.41, 5.74) is 0.647. The predicted octanol–water partition coefficient (Wildman–Crippen LogP) is 2.09. The van der Waals surface area contributed by atoms with Gasteiger partial charge in [0, 0.05) is 10.8 Å². The lowest BCUT2D eigenvalue weighted by molar-refractivity contribution is 0.454. The van der Waals surface area contributed by atoms with E-state index in [2.05, 4.69) is 12.6 Å². The van der Waals surface area contributed by atoms with Gasteiger partial charge >= 0.3 is 0 Å². The molecular weight excluding hydrogens is 160 g/mol. The zero-order valence-electron chi connectivity index (χ0n) is 6.15. The summed E-state index contributed by atoms with van der Waals surface area (Å²) < 4.78 is 0. The summed E-state index contributed by atoms with van der Waals surface area (Å²) in [6.07, 6.45) is 0. The van der Waals surface area contributed by atoms with E-state index in [1.54, 1.807) is 0 Å². The summed E-state index contributed by atoms with van der Waals surface area (Å²) >= 11 is 4.13. The van der Waals surface area contributed by atoms with Crippen LogP contribution in [-0.2, 0) is 0 Å². The van der Waals surface area contributed by atoms with Gasteiger partial charge in [0.05, 0.1) is 0 Å². The van der Waals surface area contributed by atoms with Crippen LogP contribution in [0.15, 0.2) is 18.2 Å². The fourth-order valence-electron chi connectivity index (χ4n) is 0.877. The maximum absolute atomic E-state index is 9.25. The normalized spacial score (nSPS) is 12.9. The number of phenols is 2. The summed E-state index contributed by atoms with van der Waals surface area (Å²) in [4.78, 5) is 0. The highest BCUT2D eigenvalue weighted by Crippen LogP contribution is 2.30. The van der Waals surface area contributed by atoms with E-state index in [1.807, 2.05) is 6.92 Å². The highest BCUT2D eigenvalue weighted by molar-refractivity contribution is 7.80. The van der Waals surface area contributed by atoms with Crippen LogP contribution in [0.5, 0.6) is 11.5 Å². The van der Waals surface area contributed by atoms with Gasteiger partial charge in [-0.1, -0.05) is 0 Å². The third kappa shape index (κ3) is 1.80. The summed E-state index contributed by atoms with van der Waals surface area (Å²) in [7, 11) is 0. The topological polar surface area (TPSA) is 40.5 Å². The Kier molecular flexibility index (Phi) is 2.29. The molecule has 1 unspecified atom stereocenters. The van der Waals surface area contributed by atoms with Gasteiger partial charge in [0.2, 0.25) is 0 Å². The summed E-state index contributed by atoms with van der Waals surface area (Å²) in [6.45, 7) is 1.83. The summed E-state index contributed by atoms with van der Waals surface area (Å²) in [5.74, 6) is 0.323. The van der Waals surface area contributed by atoms with E-state index >= 15 is 0 Å². The maximum Gasteiger partial charge on any atom is 0.120 e. The number of hydrogen-bond acceptors (Lipinski definition) is 3. The molecule has 0 saturated heterocycles. The van der Waals surface area contributed by atoms with Crippen LogP contribution in [0.25, 0.3) is 0 Å². The lowest BCUT2D eigenvalue weighted by Gasteiger charge is -2.06. The van der Waals surface area contributed by atoms with Gasteiger partial charge < -0.3 is 10.2 Å². The van der Waals surface area contributed by atoms with Crippen LogP contribution in [0.1, 0.15) is 17.7 Å². The van der Waals surface area contributed by atoms with Crippen LogP contribution in [0.2, 0.25) is 0 Å². The molecule has 0 aliphatic rings. The Morgan fingerprint density at radius 2 is 2.00 bits per heavy atom. The van der Waals surface area contributed by atoms with E-state index in [-0.39, 0.29) is 16.7 Å². The zero-order chi connectivity index (χ0) is 8.43. The molecule has 11 heavy (non-hydrogen) atoms. The van der Waals surface area contributed by atoms with Crippen molar-refractivity contribution >= 4 is 12.6 Å². The Hall–Kier alpha value is -0.830. The fraction of sp³-hybridized carbons (Fsp3) is 0.250. The highest BCUT2D eigenvalue weighted by Gasteiger charge is 2.06. The van der Waals surface area contributed by atoms with Gasteiger partial charge in [0.15, 0.2) is 0 Å². The molecule has 0 aliphatic carbocycles. The number of aromatic hydroxyl groups is 2. The smallest absolute Gasteiger partial charge is 0.120 e. The minimum absolute atomic E-state index is 0.0675. The molecule has 0 amide bonds. The van der Waals surface area contributed by atoms with Crippen molar-refractivity contribution in [1.29, 1.82) is 0 Å². The first-order valence-electron chi connectivity index (χ1n) is 3.31. The number of benzene rings is 1. The molecule has 2 N–H and O–H groups in total. The molecule has 0 radical (unpaired) electrons. The van der Waals surface area contributed by atoms with Crippen molar-refractivity contribution in [3.8, 4) is 11.5 Å². The van der Waals surface area contributed by atoms with Crippen LogP contribution in [0.3, 0.4) is 0 Å². The lowest BCUT2D eigenvalue weighted by Crippen LogP contribution is -1.84. The molecule has 2 nitrogen and oxygen atoms in total. The average Bonchev–Trinajstić information content (AvgIpc) is 1.94. The van der Waals surface area contributed by atoms with Crippen molar-refractivity contribution in [1.82, 2.24) is 0 Å². The van der Waals surface area contributed by atoms with E-state index < -0.39 is 0 Å². The Labute approximate surface area is 70.9 Å². The van der Waals surface area contributed by atoms with Crippen molar-refractivity contribution in [2.24, 2.45) is 0 Å². The highest BCUT2D eigenvalue weighted by atomic mass is 32.1. The van der Waals surface area contributed by atoms with Gasteiger partial charge in [-0.15, -0.1) is 0 Å². The molecular formula is C8H10O2S. The molecule has 3 heteroatoms. The van der Waals surface area contributed by atoms with Crippen LogP contribution in [0, 0.1) is 0 Å². The van der Waals surface area contributed by atoms with E-state index in [4.69, 9.17) is 5.11 Å². The second-order valence-corrected chi connectivity index (χ2v) is 3.19. The van der Waals surface area contributed by atoms with Crippen molar-refractivity contribution in [3.05, 3.63) is 23.8 Å². The van der Waals surface area contributed by atoms with Gasteiger partial charge in [0.1, 0.15) is 11.5 Å². The first kappa shape index (κ1) is 8.27. The van der Waals surface area contributed by atoms with Gasteiger partial charge in [-0.05, 0) is 25.1 Å². The zero-order valence-corrected chi connectivity index (χ0v) is 7.05. The molecule has 1 aromatic carbocycles. The molecule has 0 spiro atoms. The van der Waals surface area contributed by atoms with Gasteiger partial charge in [-0.2, -0.15) is 12.6 Å². The van der Waals surface area contributed by atoms with Crippen molar-refractivity contribution in [2.45, 2.75) is 12.2 Å².